The van der Waals surface area contributed by atoms with Crippen LogP contribution in [-0.4, -0.2) is 42.8 Å². The van der Waals surface area contributed by atoms with Gasteiger partial charge in [-0.15, -0.1) is 0 Å². The largest absolute Gasteiger partial charge is 0.342 e. The highest BCUT2D eigenvalue weighted by Crippen LogP contribution is 2.31. The van der Waals surface area contributed by atoms with Crippen LogP contribution in [0.4, 0.5) is 0 Å². The van der Waals surface area contributed by atoms with E-state index in [1.165, 1.54) is 16.7 Å². The number of likely N-dealkylation sites (tertiary alicyclic amines) is 1. The Hall–Kier alpha value is -1.36. The molecule has 0 N–H and O–H groups in total. The minimum absolute atomic E-state index is 0.163. The van der Waals surface area contributed by atoms with Gasteiger partial charge >= 0.3 is 0 Å². The Kier molecular flexibility index (Phi) is 5.96. The SMILES string of the molecule is Cc1c(CC(=O)N2CCC(CS(=O)(=O)C(C)(C)C)CC2)ccc2c1CC(C)C2. The number of nitrogens with zero attached hydrogens (tertiary/aromatic N) is 1. The Balaban J connectivity index is 1.57. The van der Waals surface area contributed by atoms with Gasteiger partial charge in [0.25, 0.3) is 0 Å². The standard InChI is InChI=1S/C23H35NO3S/c1-16-12-20-7-6-19(17(2)21(20)13-16)14-22(25)24-10-8-18(9-11-24)15-28(26,27)23(3,4)5/h6-7,16,18H,8-15H2,1-5H3. The fourth-order valence-electron chi connectivity index (χ4n) is 4.51. The summed E-state index contributed by atoms with van der Waals surface area (Å²) in [6, 6.07) is 4.34. The van der Waals surface area contributed by atoms with Crippen LogP contribution in [0.2, 0.25) is 0 Å². The first-order chi connectivity index (χ1) is 13.0. The summed E-state index contributed by atoms with van der Waals surface area (Å²) in [4.78, 5) is 14.8. The Bertz CT molecular complexity index is 843. The molecule has 0 saturated carbocycles. The van der Waals surface area contributed by atoms with Crippen LogP contribution in [-0.2, 0) is 33.9 Å². The predicted molar refractivity (Wildman–Crippen MR) is 114 cm³/mol. The third kappa shape index (κ3) is 4.45. The molecule has 1 atom stereocenters. The molecular formula is C23H35NO3S. The molecule has 0 spiro atoms. The maximum Gasteiger partial charge on any atom is 0.226 e. The summed E-state index contributed by atoms with van der Waals surface area (Å²) in [5, 5.41) is 0. The van der Waals surface area contributed by atoms with Gasteiger partial charge in [-0.05, 0) is 87.5 Å². The molecule has 1 unspecified atom stereocenters. The molecule has 156 valence electrons. The van der Waals surface area contributed by atoms with Crippen LogP contribution >= 0.6 is 0 Å². The molecule has 1 aliphatic carbocycles. The fraction of sp³-hybridized carbons (Fsp3) is 0.696. The van der Waals surface area contributed by atoms with E-state index in [0.717, 1.165) is 31.2 Å². The van der Waals surface area contributed by atoms with E-state index in [1.807, 2.05) is 4.90 Å². The summed E-state index contributed by atoms with van der Waals surface area (Å²) in [5.41, 5.74) is 5.34. The summed E-state index contributed by atoms with van der Waals surface area (Å²) in [5.74, 6) is 1.27. The van der Waals surface area contributed by atoms with Crippen molar-refractivity contribution >= 4 is 15.7 Å². The van der Waals surface area contributed by atoms with Crippen molar-refractivity contribution in [2.24, 2.45) is 11.8 Å². The molecule has 1 amide bonds. The zero-order valence-corrected chi connectivity index (χ0v) is 18.9. The molecule has 1 aliphatic heterocycles. The van der Waals surface area contributed by atoms with Crippen molar-refractivity contribution < 1.29 is 13.2 Å². The van der Waals surface area contributed by atoms with E-state index in [-0.39, 0.29) is 17.6 Å². The molecule has 28 heavy (non-hydrogen) atoms. The van der Waals surface area contributed by atoms with Gasteiger partial charge in [-0.25, -0.2) is 8.42 Å². The molecule has 3 rings (SSSR count). The first kappa shape index (κ1) is 21.4. The van der Waals surface area contributed by atoms with E-state index < -0.39 is 14.6 Å². The Morgan fingerprint density at radius 1 is 1.14 bits per heavy atom. The van der Waals surface area contributed by atoms with Crippen LogP contribution in [0.25, 0.3) is 0 Å². The molecule has 1 aromatic carbocycles. The Morgan fingerprint density at radius 3 is 2.39 bits per heavy atom. The lowest BCUT2D eigenvalue weighted by Crippen LogP contribution is -2.42. The molecule has 2 aliphatic rings. The molecule has 5 heteroatoms. The molecule has 4 nitrogen and oxygen atoms in total. The van der Waals surface area contributed by atoms with E-state index >= 15 is 0 Å². The predicted octanol–water partition coefficient (Wildman–Crippen LogP) is 3.72. The number of carbonyl (C=O) groups excluding carboxylic acids is 1. The molecule has 0 bridgehead atoms. The monoisotopic (exact) mass is 405 g/mol. The lowest BCUT2D eigenvalue weighted by molar-refractivity contribution is -0.131. The van der Waals surface area contributed by atoms with Crippen molar-refractivity contribution in [1.29, 1.82) is 0 Å². The van der Waals surface area contributed by atoms with Crippen molar-refractivity contribution in [1.82, 2.24) is 4.90 Å². The molecule has 1 aromatic rings. The highest BCUT2D eigenvalue weighted by molar-refractivity contribution is 7.92. The van der Waals surface area contributed by atoms with Gasteiger partial charge in [-0.1, -0.05) is 19.1 Å². The molecule has 0 radical (unpaired) electrons. The number of piperidine rings is 1. The highest BCUT2D eigenvalue weighted by atomic mass is 32.2. The second-order valence-electron chi connectivity index (χ2n) is 9.90. The van der Waals surface area contributed by atoms with Crippen LogP contribution in [0.3, 0.4) is 0 Å². The van der Waals surface area contributed by atoms with Crippen LogP contribution in [0.5, 0.6) is 0 Å². The molecular weight excluding hydrogens is 370 g/mol. The van der Waals surface area contributed by atoms with Crippen LogP contribution in [0, 0.1) is 18.8 Å². The first-order valence-electron chi connectivity index (χ1n) is 10.6. The van der Waals surface area contributed by atoms with Gasteiger partial charge < -0.3 is 4.90 Å². The maximum absolute atomic E-state index is 12.8. The zero-order valence-electron chi connectivity index (χ0n) is 18.0. The average Bonchev–Trinajstić information content (AvgIpc) is 2.98. The Labute approximate surface area is 170 Å². The number of rotatable bonds is 4. The number of hydrogen-bond acceptors (Lipinski definition) is 3. The number of amides is 1. The van der Waals surface area contributed by atoms with Crippen molar-refractivity contribution in [2.75, 3.05) is 18.8 Å². The van der Waals surface area contributed by atoms with Crippen molar-refractivity contribution in [3.05, 3.63) is 34.4 Å². The van der Waals surface area contributed by atoms with Crippen LogP contribution in [0.1, 0.15) is 62.8 Å². The molecule has 1 fully saturated rings. The summed E-state index contributed by atoms with van der Waals surface area (Å²) >= 11 is 0. The third-order valence-corrected chi connectivity index (χ3v) is 9.40. The fourth-order valence-corrected chi connectivity index (χ4v) is 5.96. The van der Waals surface area contributed by atoms with E-state index in [2.05, 4.69) is 26.0 Å². The number of sulfone groups is 1. The number of carbonyl (C=O) groups is 1. The second-order valence-corrected chi connectivity index (χ2v) is 12.7. The van der Waals surface area contributed by atoms with Gasteiger partial charge in [0, 0.05) is 13.1 Å². The normalized spacial score (nSPS) is 21.0. The minimum Gasteiger partial charge on any atom is -0.342 e. The smallest absolute Gasteiger partial charge is 0.226 e. The molecule has 1 heterocycles. The topological polar surface area (TPSA) is 54.5 Å². The quantitative estimate of drug-likeness (QED) is 0.767. The van der Waals surface area contributed by atoms with E-state index in [9.17, 15) is 13.2 Å². The molecule has 1 saturated heterocycles. The van der Waals surface area contributed by atoms with E-state index in [4.69, 9.17) is 0 Å². The van der Waals surface area contributed by atoms with Gasteiger partial charge in [0.15, 0.2) is 9.84 Å². The maximum atomic E-state index is 12.8. The zero-order chi connectivity index (χ0) is 20.7. The lowest BCUT2D eigenvalue weighted by atomic mass is 9.95. The number of fused-ring (bicyclic) bond motifs is 1. The van der Waals surface area contributed by atoms with E-state index in [0.29, 0.717) is 25.4 Å². The van der Waals surface area contributed by atoms with Gasteiger partial charge in [0.2, 0.25) is 5.91 Å². The number of benzene rings is 1. The summed E-state index contributed by atoms with van der Waals surface area (Å²) in [6.45, 7) is 11.1. The number of hydrogen-bond donors (Lipinski definition) is 0. The third-order valence-electron chi connectivity index (χ3n) is 6.63. The van der Waals surface area contributed by atoms with Crippen molar-refractivity contribution in [3.8, 4) is 0 Å². The van der Waals surface area contributed by atoms with Crippen LogP contribution in [0.15, 0.2) is 12.1 Å². The minimum atomic E-state index is -3.10. The van der Waals surface area contributed by atoms with Crippen molar-refractivity contribution in [2.45, 2.75) is 71.5 Å². The highest BCUT2D eigenvalue weighted by Gasteiger charge is 2.33. The van der Waals surface area contributed by atoms with Gasteiger partial charge in [-0.2, -0.15) is 0 Å². The van der Waals surface area contributed by atoms with Crippen LogP contribution < -0.4 is 0 Å². The summed E-state index contributed by atoms with van der Waals surface area (Å²) < 4.78 is 24.2. The first-order valence-corrected chi connectivity index (χ1v) is 12.2. The lowest BCUT2D eigenvalue weighted by Gasteiger charge is -2.33. The average molecular weight is 406 g/mol. The summed E-state index contributed by atoms with van der Waals surface area (Å²) in [6.07, 6.45) is 4.29. The van der Waals surface area contributed by atoms with Crippen molar-refractivity contribution in [3.63, 3.8) is 0 Å². The van der Waals surface area contributed by atoms with E-state index in [1.54, 1.807) is 20.8 Å². The Morgan fingerprint density at radius 2 is 1.79 bits per heavy atom. The van der Waals surface area contributed by atoms with Gasteiger partial charge in [0.1, 0.15) is 0 Å². The molecule has 0 aromatic heterocycles. The summed E-state index contributed by atoms with van der Waals surface area (Å²) in [7, 11) is -3.10. The van der Waals surface area contributed by atoms with Gasteiger partial charge in [0.05, 0.1) is 16.9 Å². The van der Waals surface area contributed by atoms with Gasteiger partial charge in [-0.3, -0.25) is 4.79 Å². The second kappa shape index (κ2) is 7.81.